The van der Waals surface area contributed by atoms with Crippen LogP contribution in [0.5, 0.6) is 0 Å². The van der Waals surface area contributed by atoms with Gasteiger partial charge in [-0.05, 0) is 13.8 Å². The molecule has 0 bridgehead atoms. The van der Waals surface area contributed by atoms with Crippen LogP contribution in [0, 0.1) is 0 Å². The van der Waals surface area contributed by atoms with Gasteiger partial charge >= 0.3 is 0 Å². The molecule has 6 heteroatoms. The van der Waals surface area contributed by atoms with E-state index in [4.69, 9.17) is 0 Å². The molecule has 0 amide bonds. The van der Waals surface area contributed by atoms with Crippen molar-refractivity contribution in [1.82, 2.24) is 0 Å². The molecule has 0 spiro atoms. The van der Waals surface area contributed by atoms with Gasteiger partial charge in [0, 0.05) is 0 Å². The molecule has 0 saturated carbocycles. The Kier molecular flexibility index (Phi) is 1.95. The maximum Gasteiger partial charge on any atom is 0.300 e. The normalized spacial score (nSPS) is 39.4. The van der Waals surface area contributed by atoms with E-state index in [2.05, 4.69) is 14.0 Å². The maximum absolute atomic E-state index is 10.8. The molecule has 1 aliphatic heterocycles. The van der Waals surface area contributed by atoms with Crippen LogP contribution in [0.25, 0.3) is 0 Å². The van der Waals surface area contributed by atoms with Crippen LogP contribution >= 0.6 is 0 Å². The molecule has 0 aromatic carbocycles. The Morgan fingerprint density at radius 3 is 2.20 bits per heavy atom. The number of rotatable bonds is 0. The van der Waals surface area contributed by atoms with Gasteiger partial charge in [0.15, 0.2) is 0 Å². The smallest absolute Gasteiger partial charge is 0.233 e. The van der Waals surface area contributed by atoms with E-state index in [9.17, 15) is 8.42 Å². The van der Waals surface area contributed by atoms with Crippen molar-refractivity contribution >= 4 is 10.1 Å². The monoisotopic (exact) mass is 168 g/mol. The van der Waals surface area contributed by atoms with E-state index < -0.39 is 21.8 Å². The summed E-state index contributed by atoms with van der Waals surface area (Å²) in [6.45, 7) is 2.77. The second-order valence-corrected chi connectivity index (χ2v) is 3.76. The topological polar surface area (TPSA) is 61.8 Å². The van der Waals surface area contributed by atoms with Gasteiger partial charge < -0.3 is 0 Å². The zero-order valence-electron chi connectivity index (χ0n) is 5.60. The lowest BCUT2D eigenvalue weighted by Crippen LogP contribution is -2.35. The summed E-state index contributed by atoms with van der Waals surface area (Å²) in [4.78, 5) is 8.82. The predicted octanol–water partition coefficient (Wildman–Crippen LogP) is -0.0134. The third-order valence-corrected chi connectivity index (χ3v) is 2.43. The van der Waals surface area contributed by atoms with E-state index in [-0.39, 0.29) is 0 Å². The first-order valence-corrected chi connectivity index (χ1v) is 4.24. The lowest BCUT2D eigenvalue weighted by Gasteiger charge is -2.22. The molecular weight excluding hydrogens is 160 g/mol. The highest BCUT2D eigenvalue weighted by Gasteiger charge is 2.32. The Morgan fingerprint density at radius 2 is 1.80 bits per heavy atom. The molecule has 1 heterocycles. The van der Waals surface area contributed by atoms with Crippen LogP contribution in [-0.2, 0) is 24.1 Å². The SMILES string of the molecule is CC1OOC(C)S(=O)(=O)O1. The highest BCUT2D eigenvalue weighted by Crippen LogP contribution is 2.16. The first-order chi connectivity index (χ1) is 4.52. The molecule has 2 unspecified atom stereocenters. The number of hydrogen-bond donors (Lipinski definition) is 0. The highest BCUT2D eigenvalue weighted by molar-refractivity contribution is 7.87. The van der Waals surface area contributed by atoms with Crippen LogP contribution in [-0.4, -0.2) is 20.1 Å². The molecule has 0 radical (unpaired) electrons. The standard InChI is InChI=1S/C4H8O5S/c1-3-7-8-4(2)10(5,6)9-3/h3-4H,1-2H3. The van der Waals surface area contributed by atoms with Gasteiger partial charge in [0.1, 0.15) is 0 Å². The van der Waals surface area contributed by atoms with E-state index in [1.54, 1.807) is 0 Å². The molecule has 2 atom stereocenters. The van der Waals surface area contributed by atoms with Crippen molar-refractivity contribution < 1.29 is 22.4 Å². The minimum atomic E-state index is -3.56. The average Bonchev–Trinajstić information content (AvgIpc) is 1.78. The summed E-state index contributed by atoms with van der Waals surface area (Å²) < 4.78 is 25.9. The van der Waals surface area contributed by atoms with E-state index in [1.807, 2.05) is 0 Å². The maximum atomic E-state index is 10.8. The molecular formula is C4H8O5S. The van der Waals surface area contributed by atoms with Gasteiger partial charge in [0.2, 0.25) is 11.7 Å². The first kappa shape index (κ1) is 7.93. The van der Waals surface area contributed by atoms with Gasteiger partial charge in [0.25, 0.3) is 10.1 Å². The Labute approximate surface area is 58.9 Å². The number of hydrogen-bond acceptors (Lipinski definition) is 5. The van der Waals surface area contributed by atoms with E-state index in [0.717, 1.165) is 0 Å². The molecule has 1 rings (SSSR count). The fraction of sp³-hybridized carbons (Fsp3) is 1.00. The third-order valence-electron chi connectivity index (χ3n) is 1.00. The van der Waals surface area contributed by atoms with Crippen molar-refractivity contribution in [2.45, 2.75) is 25.6 Å². The second-order valence-electron chi connectivity index (χ2n) is 1.92. The quantitative estimate of drug-likeness (QED) is 0.376. The van der Waals surface area contributed by atoms with Crippen molar-refractivity contribution in [3.63, 3.8) is 0 Å². The van der Waals surface area contributed by atoms with Gasteiger partial charge in [-0.1, -0.05) is 0 Å². The lowest BCUT2D eigenvalue weighted by molar-refractivity contribution is -0.379. The Morgan fingerprint density at radius 1 is 1.20 bits per heavy atom. The molecule has 0 aromatic rings. The Hall–Kier alpha value is -0.170. The molecule has 0 N–H and O–H groups in total. The summed E-state index contributed by atoms with van der Waals surface area (Å²) in [5, 5.41) is 0. The Balaban J connectivity index is 2.74. The van der Waals surface area contributed by atoms with Crippen LogP contribution in [0.2, 0.25) is 0 Å². The Bertz CT molecular complexity index is 208. The fourth-order valence-corrected chi connectivity index (χ4v) is 1.20. The zero-order chi connectivity index (χ0) is 7.78. The molecule has 0 aliphatic carbocycles. The van der Waals surface area contributed by atoms with Crippen molar-refractivity contribution in [2.24, 2.45) is 0 Å². The summed E-state index contributed by atoms with van der Waals surface area (Å²) >= 11 is 0. The van der Waals surface area contributed by atoms with Crippen molar-refractivity contribution in [2.75, 3.05) is 0 Å². The highest BCUT2D eigenvalue weighted by atomic mass is 32.2. The van der Waals surface area contributed by atoms with Gasteiger partial charge in [-0.2, -0.15) is 8.42 Å². The summed E-state index contributed by atoms with van der Waals surface area (Å²) in [5.74, 6) is 0. The first-order valence-electron chi connectivity index (χ1n) is 2.76. The molecule has 1 fully saturated rings. The third kappa shape index (κ3) is 1.46. The predicted molar refractivity (Wildman–Crippen MR) is 31.1 cm³/mol. The van der Waals surface area contributed by atoms with Gasteiger partial charge in [-0.3, -0.25) is 0 Å². The average molecular weight is 168 g/mol. The van der Waals surface area contributed by atoms with Crippen LogP contribution in [0.15, 0.2) is 0 Å². The van der Waals surface area contributed by atoms with Crippen LogP contribution in [0.4, 0.5) is 0 Å². The largest absolute Gasteiger partial charge is 0.300 e. The summed E-state index contributed by atoms with van der Waals surface area (Å²) in [7, 11) is -3.56. The van der Waals surface area contributed by atoms with Crippen molar-refractivity contribution in [1.29, 1.82) is 0 Å². The van der Waals surface area contributed by atoms with Gasteiger partial charge in [0.05, 0.1) is 0 Å². The summed E-state index contributed by atoms with van der Waals surface area (Å²) in [6.07, 6.45) is -0.846. The molecule has 0 aromatic heterocycles. The summed E-state index contributed by atoms with van der Waals surface area (Å²) in [5.41, 5.74) is -1.04. The van der Waals surface area contributed by atoms with E-state index in [1.165, 1.54) is 13.8 Å². The fourth-order valence-electron chi connectivity index (χ4n) is 0.488. The van der Waals surface area contributed by atoms with Gasteiger partial charge in [-0.15, -0.1) is 0 Å². The van der Waals surface area contributed by atoms with Crippen LogP contribution in [0.1, 0.15) is 13.8 Å². The molecule has 1 aliphatic rings. The molecule has 1 saturated heterocycles. The zero-order valence-corrected chi connectivity index (χ0v) is 6.42. The van der Waals surface area contributed by atoms with Gasteiger partial charge in [-0.25, -0.2) is 14.0 Å². The van der Waals surface area contributed by atoms with Crippen LogP contribution in [0.3, 0.4) is 0 Å². The summed E-state index contributed by atoms with van der Waals surface area (Å²) in [6, 6.07) is 0. The molecule has 10 heavy (non-hydrogen) atoms. The van der Waals surface area contributed by atoms with E-state index >= 15 is 0 Å². The van der Waals surface area contributed by atoms with Crippen molar-refractivity contribution in [3.05, 3.63) is 0 Å². The van der Waals surface area contributed by atoms with Crippen LogP contribution < -0.4 is 0 Å². The second kappa shape index (κ2) is 2.46. The minimum absolute atomic E-state index is 0.846. The lowest BCUT2D eigenvalue weighted by atomic mass is 10.8. The molecule has 60 valence electrons. The van der Waals surface area contributed by atoms with Crippen molar-refractivity contribution in [3.8, 4) is 0 Å². The van der Waals surface area contributed by atoms with E-state index in [0.29, 0.717) is 0 Å². The molecule has 5 nitrogen and oxygen atoms in total. The minimum Gasteiger partial charge on any atom is -0.233 e.